The fourth-order valence-corrected chi connectivity index (χ4v) is 2.73. The van der Waals surface area contributed by atoms with E-state index in [1.54, 1.807) is 0 Å². The molecular weight excluding hydrogens is 332 g/mol. The van der Waals surface area contributed by atoms with Gasteiger partial charge in [-0.3, -0.25) is 0 Å². The molecule has 128 valence electrons. The number of benzene rings is 2. The molecule has 0 amide bonds. The lowest BCUT2D eigenvalue weighted by molar-refractivity contribution is 0.425. The summed E-state index contributed by atoms with van der Waals surface area (Å²) in [5.74, 6) is 0.631. The van der Waals surface area contributed by atoms with Gasteiger partial charge in [-0.05, 0) is 31.8 Å². The molecule has 5 heteroatoms. The Hall–Kier alpha value is -2.43. The van der Waals surface area contributed by atoms with Crippen LogP contribution in [-0.2, 0) is 0 Å². The van der Waals surface area contributed by atoms with E-state index in [0.29, 0.717) is 11.0 Å². The molecule has 0 aliphatic rings. The zero-order valence-corrected chi connectivity index (χ0v) is 15.2. The molecule has 0 saturated carbocycles. The highest BCUT2D eigenvalue weighted by Crippen LogP contribution is 2.31. The number of likely N-dealkylation sites (N-methyl/N-ethyl adjacent to an activating group) is 1. The summed E-state index contributed by atoms with van der Waals surface area (Å²) in [6.45, 7) is 1.71. The fraction of sp³-hybridized carbons (Fsp3) is 0.200. The van der Waals surface area contributed by atoms with E-state index >= 15 is 0 Å². The van der Waals surface area contributed by atoms with Gasteiger partial charge in [0.25, 0.3) is 0 Å². The van der Waals surface area contributed by atoms with Gasteiger partial charge in [0.2, 0.25) is 5.95 Å². The maximum absolute atomic E-state index is 6.16. The number of aromatic nitrogens is 2. The Morgan fingerprint density at radius 1 is 1.00 bits per heavy atom. The molecular formula is C20H21ClN4. The van der Waals surface area contributed by atoms with Crippen LogP contribution in [0.3, 0.4) is 0 Å². The van der Waals surface area contributed by atoms with Gasteiger partial charge in [0.15, 0.2) is 0 Å². The molecule has 2 aromatic carbocycles. The number of halogens is 1. The van der Waals surface area contributed by atoms with Crippen LogP contribution in [0.2, 0.25) is 5.02 Å². The Balaban J connectivity index is 2.00. The predicted octanol–water partition coefficient (Wildman–Crippen LogP) is 4.44. The first-order valence-corrected chi connectivity index (χ1v) is 8.58. The smallest absolute Gasteiger partial charge is 0.223 e. The second kappa shape index (κ2) is 8.10. The van der Waals surface area contributed by atoms with Crippen LogP contribution in [0, 0.1) is 0 Å². The molecule has 1 heterocycles. The largest absolute Gasteiger partial charge is 0.353 e. The van der Waals surface area contributed by atoms with Crippen molar-refractivity contribution in [2.45, 2.75) is 0 Å². The Morgan fingerprint density at radius 3 is 2.48 bits per heavy atom. The van der Waals surface area contributed by atoms with E-state index < -0.39 is 0 Å². The first-order valence-electron chi connectivity index (χ1n) is 8.20. The number of anilines is 1. The highest BCUT2D eigenvalue weighted by Gasteiger charge is 2.12. The van der Waals surface area contributed by atoms with Crippen molar-refractivity contribution in [1.29, 1.82) is 0 Å². The van der Waals surface area contributed by atoms with Crippen molar-refractivity contribution < 1.29 is 0 Å². The molecule has 3 rings (SSSR count). The van der Waals surface area contributed by atoms with Crippen LogP contribution in [-0.4, -0.2) is 42.1 Å². The molecule has 0 bridgehead atoms. The number of nitrogens with zero attached hydrogens (tertiary/aromatic N) is 3. The second-order valence-corrected chi connectivity index (χ2v) is 6.50. The van der Waals surface area contributed by atoms with Gasteiger partial charge in [-0.15, -0.1) is 0 Å². The normalized spacial score (nSPS) is 10.9. The van der Waals surface area contributed by atoms with Crippen LogP contribution >= 0.6 is 11.6 Å². The number of rotatable bonds is 6. The first-order chi connectivity index (χ1) is 12.1. The van der Waals surface area contributed by atoms with Crippen molar-refractivity contribution >= 4 is 17.5 Å². The van der Waals surface area contributed by atoms with Crippen molar-refractivity contribution in [3.8, 4) is 22.4 Å². The van der Waals surface area contributed by atoms with Crippen molar-refractivity contribution in [2.24, 2.45) is 0 Å². The fourth-order valence-electron chi connectivity index (χ4n) is 2.54. The molecule has 0 aliphatic heterocycles. The van der Waals surface area contributed by atoms with Crippen LogP contribution in [0.4, 0.5) is 5.95 Å². The van der Waals surface area contributed by atoms with Gasteiger partial charge in [-0.1, -0.05) is 54.1 Å². The standard InChI is InChI=1S/C20H21ClN4/c1-25(2)12-11-22-20-23-14-18(16-9-6-10-17(21)13-16)19(24-20)15-7-4-3-5-8-15/h3-10,13-14H,11-12H2,1-2H3,(H,22,23,24). The molecule has 1 aromatic heterocycles. The average molecular weight is 353 g/mol. The monoisotopic (exact) mass is 352 g/mol. The molecule has 0 saturated heterocycles. The van der Waals surface area contributed by atoms with Crippen LogP contribution < -0.4 is 5.32 Å². The summed E-state index contributed by atoms with van der Waals surface area (Å²) in [6, 6.07) is 17.9. The maximum Gasteiger partial charge on any atom is 0.223 e. The minimum Gasteiger partial charge on any atom is -0.353 e. The summed E-state index contributed by atoms with van der Waals surface area (Å²) in [5.41, 5.74) is 3.92. The quantitative estimate of drug-likeness (QED) is 0.712. The lowest BCUT2D eigenvalue weighted by Crippen LogP contribution is -2.21. The van der Waals surface area contributed by atoms with Gasteiger partial charge in [0.05, 0.1) is 5.69 Å². The van der Waals surface area contributed by atoms with E-state index in [-0.39, 0.29) is 0 Å². The van der Waals surface area contributed by atoms with Crippen LogP contribution in [0.5, 0.6) is 0 Å². The summed E-state index contributed by atoms with van der Waals surface area (Å²) >= 11 is 6.16. The number of hydrogen-bond donors (Lipinski definition) is 1. The summed E-state index contributed by atoms with van der Waals surface area (Å²) < 4.78 is 0. The average Bonchev–Trinajstić information content (AvgIpc) is 2.62. The number of hydrogen-bond acceptors (Lipinski definition) is 4. The minimum atomic E-state index is 0.631. The number of nitrogens with one attached hydrogen (secondary N) is 1. The molecule has 0 unspecified atom stereocenters. The minimum absolute atomic E-state index is 0.631. The first kappa shape index (κ1) is 17.4. The van der Waals surface area contributed by atoms with Crippen LogP contribution in [0.1, 0.15) is 0 Å². The summed E-state index contributed by atoms with van der Waals surface area (Å²) in [4.78, 5) is 11.4. The summed E-state index contributed by atoms with van der Waals surface area (Å²) in [6.07, 6.45) is 1.86. The maximum atomic E-state index is 6.16. The van der Waals surface area contributed by atoms with Crippen molar-refractivity contribution in [3.63, 3.8) is 0 Å². The molecule has 4 nitrogen and oxygen atoms in total. The zero-order chi connectivity index (χ0) is 17.6. The second-order valence-electron chi connectivity index (χ2n) is 6.06. The highest BCUT2D eigenvalue weighted by atomic mass is 35.5. The molecule has 0 fully saturated rings. The molecule has 0 aliphatic carbocycles. The Kier molecular flexibility index (Phi) is 5.64. The molecule has 0 atom stereocenters. The van der Waals surface area contributed by atoms with Gasteiger partial charge >= 0.3 is 0 Å². The lowest BCUT2D eigenvalue weighted by atomic mass is 10.0. The molecule has 0 radical (unpaired) electrons. The summed E-state index contributed by atoms with van der Waals surface area (Å²) in [5, 5.41) is 3.99. The predicted molar refractivity (Wildman–Crippen MR) is 105 cm³/mol. The van der Waals surface area contributed by atoms with Crippen LogP contribution in [0.25, 0.3) is 22.4 Å². The van der Waals surface area contributed by atoms with E-state index in [2.05, 4.69) is 27.3 Å². The van der Waals surface area contributed by atoms with Crippen molar-refractivity contribution in [3.05, 3.63) is 65.8 Å². The third-order valence-corrected chi connectivity index (χ3v) is 4.05. The van der Waals surface area contributed by atoms with Gasteiger partial charge in [0.1, 0.15) is 0 Å². The third kappa shape index (κ3) is 4.56. The Labute approximate surface area is 153 Å². The third-order valence-electron chi connectivity index (χ3n) is 3.81. The molecule has 1 N–H and O–H groups in total. The molecule has 3 aromatic rings. The van der Waals surface area contributed by atoms with E-state index in [0.717, 1.165) is 35.5 Å². The van der Waals surface area contributed by atoms with Gasteiger partial charge < -0.3 is 10.2 Å². The molecule has 0 spiro atoms. The Bertz CT molecular complexity index is 834. The van der Waals surface area contributed by atoms with Gasteiger partial charge in [-0.2, -0.15) is 0 Å². The topological polar surface area (TPSA) is 41.0 Å². The SMILES string of the molecule is CN(C)CCNc1ncc(-c2cccc(Cl)c2)c(-c2ccccc2)n1. The zero-order valence-electron chi connectivity index (χ0n) is 14.4. The van der Waals surface area contributed by atoms with Crippen molar-refractivity contribution in [2.75, 3.05) is 32.5 Å². The molecule has 25 heavy (non-hydrogen) atoms. The van der Waals surface area contributed by atoms with E-state index in [4.69, 9.17) is 16.6 Å². The lowest BCUT2D eigenvalue weighted by Gasteiger charge is -2.13. The Morgan fingerprint density at radius 2 is 1.76 bits per heavy atom. The van der Waals surface area contributed by atoms with E-state index in [1.807, 2.05) is 62.8 Å². The van der Waals surface area contributed by atoms with E-state index in [9.17, 15) is 0 Å². The van der Waals surface area contributed by atoms with Crippen LogP contribution in [0.15, 0.2) is 60.8 Å². The summed E-state index contributed by atoms with van der Waals surface area (Å²) in [7, 11) is 4.08. The van der Waals surface area contributed by atoms with E-state index in [1.165, 1.54) is 0 Å². The van der Waals surface area contributed by atoms with Gasteiger partial charge in [0, 0.05) is 35.4 Å². The van der Waals surface area contributed by atoms with Crippen molar-refractivity contribution in [1.82, 2.24) is 14.9 Å². The highest BCUT2D eigenvalue weighted by molar-refractivity contribution is 6.30. The van der Waals surface area contributed by atoms with Gasteiger partial charge in [-0.25, -0.2) is 9.97 Å².